The fraction of sp³-hybridized carbons (Fsp3) is 0.0526. The molecule has 3 heterocycles. The van der Waals surface area contributed by atoms with E-state index in [1.165, 1.54) is 0 Å². The van der Waals surface area contributed by atoms with Crippen molar-refractivity contribution in [2.24, 2.45) is 0 Å². The van der Waals surface area contributed by atoms with Crippen LogP contribution in [0.2, 0.25) is 0 Å². The summed E-state index contributed by atoms with van der Waals surface area (Å²) in [6.07, 6.45) is 1.81. The van der Waals surface area contributed by atoms with Crippen LogP contribution in [0.5, 0.6) is 0 Å². The van der Waals surface area contributed by atoms with Gasteiger partial charge in [-0.15, -0.1) is 0 Å². The van der Waals surface area contributed by atoms with E-state index in [1.54, 1.807) is 11.4 Å². The number of rotatable bonds is 3. The first-order valence-electron chi connectivity index (χ1n) is 7.93. The number of aromatic nitrogens is 4. The van der Waals surface area contributed by atoms with Gasteiger partial charge in [0, 0.05) is 11.8 Å². The summed E-state index contributed by atoms with van der Waals surface area (Å²) in [6.45, 7) is 1.59. The fourth-order valence-electron chi connectivity index (χ4n) is 3.07. The summed E-state index contributed by atoms with van der Waals surface area (Å²) in [7, 11) is 0. The lowest BCUT2D eigenvalue weighted by atomic mass is 9.99. The highest BCUT2D eigenvalue weighted by molar-refractivity contribution is 5.96. The maximum atomic E-state index is 11.9. The molecule has 0 fully saturated rings. The summed E-state index contributed by atoms with van der Waals surface area (Å²) in [5.41, 5.74) is 2.63. The summed E-state index contributed by atoms with van der Waals surface area (Å²) < 4.78 is 1.71. The largest absolute Gasteiger partial charge is 0.477 e. The lowest BCUT2D eigenvalue weighted by molar-refractivity contribution is 0.0694. The minimum absolute atomic E-state index is 0.303. The van der Waals surface area contributed by atoms with Gasteiger partial charge in [0.2, 0.25) is 0 Å². The highest BCUT2D eigenvalue weighted by Crippen LogP contribution is 2.35. The van der Waals surface area contributed by atoms with E-state index in [9.17, 15) is 14.7 Å². The third kappa shape index (κ3) is 2.37. The van der Waals surface area contributed by atoms with Crippen molar-refractivity contribution in [2.45, 2.75) is 6.92 Å². The molecular weight excluding hydrogens is 332 g/mol. The summed E-state index contributed by atoms with van der Waals surface area (Å²) in [5.74, 6) is -1.29. The van der Waals surface area contributed by atoms with Crippen LogP contribution in [0, 0.1) is 6.92 Å². The first kappa shape index (κ1) is 15.8. The second kappa shape index (κ2) is 5.96. The molecular formula is C19H14N4O3. The number of benzene rings is 1. The average Bonchev–Trinajstić information content (AvgIpc) is 3.02. The molecule has 0 aliphatic carbocycles. The standard InChI is InChI=1S/C19H14N4O3/c1-11-14(19(25)26)18(24)21-20-16(11)15-13-9-5-6-10-23(13)22-17(15)12-7-3-2-4-8-12/h2-10H,1H3,(H,21,24)(H,25,26). The van der Waals surface area contributed by atoms with Crippen molar-refractivity contribution in [3.63, 3.8) is 0 Å². The maximum absolute atomic E-state index is 11.9. The van der Waals surface area contributed by atoms with Crippen LogP contribution in [0.15, 0.2) is 59.5 Å². The highest BCUT2D eigenvalue weighted by Gasteiger charge is 2.23. The number of aromatic amines is 1. The molecule has 26 heavy (non-hydrogen) atoms. The van der Waals surface area contributed by atoms with Gasteiger partial charge in [0.1, 0.15) is 11.3 Å². The van der Waals surface area contributed by atoms with E-state index in [4.69, 9.17) is 0 Å². The zero-order valence-electron chi connectivity index (χ0n) is 13.8. The highest BCUT2D eigenvalue weighted by atomic mass is 16.4. The van der Waals surface area contributed by atoms with Crippen LogP contribution >= 0.6 is 0 Å². The van der Waals surface area contributed by atoms with Gasteiger partial charge in [0.25, 0.3) is 5.56 Å². The Morgan fingerprint density at radius 3 is 2.54 bits per heavy atom. The quantitative estimate of drug-likeness (QED) is 0.594. The van der Waals surface area contributed by atoms with Gasteiger partial charge in [-0.05, 0) is 24.6 Å². The zero-order chi connectivity index (χ0) is 18.3. The van der Waals surface area contributed by atoms with Gasteiger partial charge < -0.3 is 5.11 Å². The van der Waals surface area contributed by atoms with Crippen molar-refractivity contribution in [1.29, 1.82) is 0 Å². The number of nitrogens with zero attached hydrogens (tertiary/aromatic N) is 3. The van der Waals surface area contributed by atoms with Gasteiger partial charge >= 0.3 is 5.97 Å². The summed E-state index contributed by atoms with van der Waals surface area (Å²) >= 11 is 0. The lowest BCUT2D eigenvalue weighted by Crippen LogP contribution is -2.21. The molecule has 7 nitrogen and oxygen atoms in total. The smallest absolute Gasteiger partial charge is 0.341 e. The minimum Gasteiger partial charge on any atom is -0.477 e. The molecule has 0 unspecified atom stereocenters. The number of carboxylic acids is 1. The number of aromatic carboxylic acids is 1. The molecule has 0 aliphatic heterocycles. The van der Waals surface area contributed by atoms with Crippen LogP contribution in [-0.2, 0) is 0 Å². The third-order valence-electron chi connectivity index (χ3n) is 4.26. The fourth-order valence-corrected chi connectivity index (χ4v) is 3.07. The van der Waals surface area contributed by atoms with Crippen molar-refractivity contribution < 1.29 is 9.90 Å². The zero-order valence-corrected chi connectivity index (χ0v) is 13.8. The van der Waals surface area contributed by atoms with E-state index in [0.717, 1.165) is 11.1 Å². The molecule has 0 amide bonds. The van der Waals surface area contributed by atoms with Crippen LogP contribution in [-0.4, -0.2) is 30.9 Å². The first-order valence-corrected chi connectivity index (χ1v) is 7.93. The molecule has 0 aliphatic rings. The van der Waals surface area contributed by atoms with E-state index in [0.29, 0.717) is 22.5 Å². The second-order valence-electron chi connectivity index (χ2n) is 5.83. The Kier molecular flexibility index (Phi) is 3.62. The lowest BCUT2D eigenvalue weighted by Gasteiger charge is -2.08. The predicted molar refractivity (Wildman–Crippen MR) is 96.2 cm³/mol. The molecule has 0 atom stereocenters. The van der Waals surface area contributed by atoms with Crippen molar-refractivity contribution in [2.75, 3.05) is 0 Å². The molecule has 0 saturated heterocycles. The third-order valence-corrected chi connectivity index (χ3v) is 4.26. The van der Waals surface area contributed by atoms with Crippen LogP contribution in [0.1, 0.15) is 15.9 Å². The van der Waals surface area contributed by atoms with Crippen molar-refractivity contribution in [3.05, 3.63) is 76.2 Å². The van der Waals surface area contributed by atoms with E-state index >= 15 is 0 Å². The SMILES string of the molecule is Cc1c(-c2c(-c3ccccc3)nn3ccccc23)n[nH]c(=O)c1C(=O)O. The predicted octanol–water partition coefficient (Wildman–Crippen LogP) is 2.76. The Labute approximate surface area is 147 Å². The van der Waals surface area contributed by atoms with Crippen LogP contribution in [0.4, 0.5) is 0 Å². The van der Waals surface area contributed by atoms with Crippen molar-refractivity contribution in [3.8, 4) is 22.5 Å². The number of carbonyl (C=O) groups is 1. The molecule has 4 rings (SSSR count). The van der Waals surface area contributed by atoms with E-state index in [-0.39, 0.29) is 5.56 Å². The second-order valence-corrected chi connectivity index (χ2v) is 5.83. The molecule has 3 aromatic heterocycles. The average molecular weight is 346 g/mol. The summed E-state index contributed by atoms with van der Waals surface area (Å²) in [4.78, 5) is 23.4. The molecule has 0 saturated carbocycles. The number of carboxylic acid groups (broad SMARTS) is 1. The molecule has 2 N–H and O–H groups in total. The van der Waals surface area contributed by atoms with Gasteiger partial charge in [-0.25, -0.2) is 14.4 Å². The number of hydrogen-bond donors (Lipinski definition) is 2. The molecule has 0 bridgehead atoms. The van der Waals surface area contributed by atoms with Gasteiger partial charge in [-0.3, -0.25) is 4.79 Å². The number of pyridine rings is 1. The van der Waals surface area contributed by atoms with Crippen molar-refractivity contribution >= 4 is 11.5 Å². The van der Waals surface area contributed by atoms with Gasteiger partial charge in [0.15, 0.2) is 0 Å². The summed E-state index contributed by atoms with van der Waals surface area (Å²) in [5, 5.41) is 20.5. The summed E-state index contributed by atoms with van der Waals surface area (Å²) in [6, 6.07) is 15.2. The molecule has 128 valence electrons. The Morgan fingerprint density at radius 1 is 1.08 bits per heavy atom. The van der Waals surface area contributed by atoms with E-state index < -0.39 is 11.5 Å². The van der Waals surface area contributed by atoms with Crippen molar-refractivity contribution in [1.82, 2.24) is 19.8 Å². The van der Waals surface area contributed by atoms with E-state index in [1.807, 2.05) is 54.7 Å². The molecule has 4 aromatic rings. The topological polar surface area (TPSA) is 100 Å². The number of hydrogen-bond acceptors (Lipinski definition) is 4. The molecule has 7 heteroatoms. The van der Waals surface area contributed by atoms with Gasteiger partial charge in [-0.1, -0.05) is 36.4 Å². The Morgan fingerprint density at radius 2 is 1.81 bits per heavy atom. The Hall–Kier alpha value is -3.74. The Balaban J connectivity index is 2.11. The molecule has 0 spiro atoms. The monoisotopic (exact) mass is 346 g/mol. The van der Waals surface area contributed by atoms with Gasteiger partial charge in [0.05, 0.1) is 16.8 Å². The van der Waals surface area contributed by atoms with Gasteiger partial charge in [-0.2, -0.15) is 10.2 Å². The maximum Gasteiger partial charge on any atom is 0.341 e. The van der Waals surface area contributed by atoms with E-state index in [2.05, 4.69) is 15.3 Å². The molecule has 1 aromatic carbocycles. The van der Waals surface area contributed by atoms with Crippen LogP contribution in [0.25, 0.3) is 28.0 Å². The normalized spacial score (nSPS) is 11.0. The first-order chi connectivity index (χ1) is 12.6. The molecule has 0 radical (unpaired) electrons. The minimum atomic E-state index is -1.29. The number of H-pyrrole nitrogens is 1. The van der Waals surface area contributed by atoms with Crippen LogP contribution in [0.3, 0.4) is 0 Å². The number of fused-ring (bicyclic) bond motifs is 1. The number of nitrogens with one attached hydrogen (secondary N) is 1. The Bertz CT molecular complexity index is 1190. The van der Waals surface area contributed by atoms with Crippen LogP contribution < -0.4 is 5.56 Å².